The van der Waals surface area contributed by atoms with E-state index in [-0.39, 0.29) is 23.4 Å². The first kappa shape index (κ1) is 30.7. The molecule has 0 bridgehead atoms. The van der Waals surface area contributed by atoms with Gasteiger partial charge >= 0.3 is 0 Å². The minimum absolute atomic E-state index is 0.0627. The molecule has 0 radical (unpaired) electrons. The number of hydrogen-bond acceptors (Lipinski definition) is 4. The van der Waals surface area contributed by atoms with Crippen LogP contribution in [0.1, 0.15) is 38.3 Å². The molecule has 0 aliphatic heterocycles. The molecule has 3 rings (SSSR count). The summed E-state index contributed by atoms with van der Waals surface area (Å²) in [5.74, 6) is -0.838. The molecule has 0 aromatic heterocycles. The van der Waals surface area contributed by atoms with Crippen molar-refractivity contribution in [1.82, 2.24) is 10.2 Å². The summed E-state index contributed by atoms with van der Waals surface area (Å²) in [5.41, 5.74) is 1.99. The van der Waals surface area contributed by atoms with Crippen LogP contribution in [0.5, 0.6) is 0 Å². The highest BCUT2D eigenvalue weighted by molar-refractivity contribution is 9.10. The van der Waals surface area contributed by atoms with Gasteiger partial charge in [-0.15, -0.1) is 0 Å². The number of halogens is 2. The summed E-state index contributed by atoms with van der Waals surface area (Å²) in [4.78, 5) is 28.5. The highest BCUT2D eigenvalue weighted by atomic mass is 79.9. The van der Waals surface area contributed by atoms with E-state index in [4.69, 9.17) is 11.6 Å². The van der Waals surface area contributed by atoms with Gasteiger partial charge in [-0.1, -0.05) is 70.3 Å². The molecule has 2 atom stereocenters. The lowest BCUT2D eigenvalue weighted by Gasteiger charge is -2.32. The Labute approximate surface area is 244 Å². The molecule has 3 aromatic carbocycles. The molecule has 2 amide bonds. The Kier molecular flexibility index (Phi) is 10.6. The van der Waals surface area contributed by atoms with E-state index in [1.54, 1.807) is 67.6 Å². The summed E-state index contributed by atoms with van der Waals surface area (Å²) in [6.45, 7) is 6.95. The lowest BCUT2D eigenvalue weighted by Crippen LogP contribution is -2.52. The second kappa shape index (κ2) is 13.5. The van der Waals surface area contributed by atoms with Gasteiger partial charge in [0, 0.05) is 22.1 Å². The molecular weight excluding hydrogens is 602 g/mol. The molecule has 0 heterocycles. The van der Waals surface area contributed by atoms with E-state index in [1.165, 1.54) is 17.0 Å². The summed E-state index contributed by atoms with van der Waals surface area (Å²) in [6, 6.07) is 19.2. The highest BCUT2D eigenvalue weighted by Gasteiger charge is 2.32. The Morgan fingerprint density at radius 1 is 1.00 bits per heavy atom. The maximum absolute atomic E-state index is 13.9. The second-order valence-electron chi connectivity index (χ2n) is 9.45. The average Bonchev–Trinajstić information content (AvgIpc) is 2.90. The molecular formula is C29H33BrClN3O4S. The van der Waals surface area contributed by atoms with Crippen LogP contribution < -0.4 is 9.62 Å². The normalized spacial score (nSPS) is 12.9. The number of aryl methyl sites for hydroxylation is 1. The number of nitrogens with zero attached hydrogens (tertiary/aromatic N) is 2. The molecule has 0 aliphatic carbocycles. The van der Waals surface area contributed by atoms with Gasteiger partial charge < -0.3 is 10.2 Å². The first-order valence-electron chi connectivity index (χ1n) is 12.6. The van der Waals surface area contributed by atoms with E-state index < -0.39 is 28.5 Å². The predicted octanol–water partition coefficient (Wildman–Crippen LogP) is 5.94. The monoisotopic (exact) mass is 633 g/mol. The Balaban J connectivity index is 2.02. The molecule has 208 valence electrons. The fourth-order valence-electron chi connectivity index (χ4n) is 3.83. The molecule has 10 heteroatoms. The van der Waals surface area contributed by atoms with Crippen LogP contribution in [0.4, 0.5) is 5.69 Å². The van der Waals surface area contributed by atoms with Crippen LogP contribution in [0.3, 0.4) is 0 Å². The fourth-order valence-corrected chi connectivity index (χ4v) is 5.75. The van der Waals surface area contributed by atoms with E-state index in [0.717, 1.165) is 21.9 Å². The number of carbonyl (C=O) groups is 2. The summed E-state index contributed by atoms with van der Waals surface area (Å²) in [5, 5.41) is 3.47. The fraction of sp³-hybridized carbons (Fsp3) is 0.310. The van der Waals surface area contributed by atoms with Crippen molar-refractivity contribution < 1.29 is 18.0 Å². The van der Waals surface area contributed by atoms with Gasteiger partial charge in [0.05, 0.1) is 10.6 Å². The predicted molar refractivity (Wildman–Crippen MR) is 159 cm³/mol. The Morgan fingerprint density at radius 2 is 1.64 bits per heavy atom. The summed E-state index contributed by atoms with van der Waals surface area (Å²) in [6.07, 6.45) is 0.731. The van der Waals surface area contributed by atoms with Crippen LogP contribution in [-0.2, 0) is 26.2 Å². The quantitative estimate of drug-likeness (QED) is 0.283. The van der Waals surface area contributed by atoms with Crippen molar-refractivity contribution in [3.8, 4) is 0 Å². The van der Waals surface area contributed by atoms with Crippen molar-refractivity contribution in [3.05, 3.63) is 93.4 Å². The summed E-state index contributed by atoms with van der Waals surface area (Å²) >= 11 is 9.44. The van der Waals surface area contributed by atoms with Gasteiger partial charge in [-0.2, -0.15) is 0 Å². The van der Waals surface area contributed by atoms with E-state index >= 15 is 0 Å². The number of sulfonamides is 1. The van der Waals surface area contributed by atoms with Crippen LogP contribution in [0, 0.1) is 6.92 Å². The average molecular weight is 635 g/mol. The second-order valence-corrected chi connectivity index (χ2v) is 12.7. The number of anilines is 1. The zero-order valence-corrected chi connectivity index (χ0v) is 25.6. The standard InChI is InChI=1S/C29H33BrClN3O4S/c1-5-21(3)32-29(36)22(4)33(18-23-11-13-25(31)14-12-23)28(35)19-34(26-8-6-7-24(30)17-26)39(37,38)27-15-9-20(2)10-16-27/h6-17,21-22H,5,18-19H2,1-4H3,(H,32,36)/t21-,22-/m1/s1. The van der Waals surface area contributed by atoms with Gasteiger partial charge in [-0.3, -0.25) is 13.9 Å². The molecule has 0 unspecified atom stereocenters. The molecule has 1 N–H and O–H groups in total. The van der Waals surface area contributed by atoms with Crippen molar-refractivity contribution in [2.24, 2.45) is 0 Å². The SMILES string of the molecule is CC[C@@H](C)NC(=O)[C@@H](C)N(Cc1ccc(Cl)cc1)C(=O)CN(c1cccc(Br)c1)S(=O)(=O)c1ccc(C)cc1. The van der Waals surface area contributed by atoms with Gasteiger partial charge in [0.15, 0.2) is 0 Å². The van der Waals surface area contributed by atoms with Crippen molar-refractivity contribution in [2.75, 3.05) is 10.8 Å². The largest absolute Gasteiger partial charge is 0.352 e. The third-order valence-corrected chi connectivity index (χ3v) is 8.95. The van der Waals surface area contributed by atoms with E-state index in [1.807, 2.05) is 20.8 Å². The zero-order valence-electron chi connectivity index (χ0n) is 22.4. The van der Waals surface area contributed by atoms with Gasteiger partial charge in [0.2, 0.25) is 11.8 Å². The third kappa shape index (κ3) is 8.06. The van der Waals surface area contributed by atoms with Crippen LogP contribution in [0.25, 0.3) is 0 Å². The van der Waals surface area contributed by atoms with Crippen molar-refractivity contribution in [2.45, 2.75) is 57.6 Å². The van der Waals surface area contributed by atoms with Crippen molar-refractivity contribution in [3.63, 3.8) is 0 Å². The molecule has 39 heavy (non-hydrogen) atoms. The van der Waals surface area contributed by atoms with Gasteiger partial charge in [0.25, 0.3) is 10.0 Å². The van der Waals surface area contributed by atoms with Crippen LogP contribution in [-0.4, -0.2) is 43.8 Å². The maximum atomic E-state index is 13.9. The minimum atomic E-state index is -4.12. The van der Waals surface area contributed by atoms with Crippen LogP contribution in [0.15, 0.2) is 82.2 Å². The highest BCUT2D eigenvalue weighted by Crippen LogP contribution is 2.27. The number of amides is 2. The van der Waals surface area contributed by atoms with Crippen LogP contribution >= 0.6 is 27.5 Å². The maximum Gasteiger partial charge on any atom is 0.264 e. The molecule has 0 fully saturated rings. The topological polar surface area (TPSA) is 86.8 Å². The van der Waals surface area contributed by atoms with Gasteiger partial charge in [0.1, 0.15) is 12.6 Å². The lowest BCUT2D eigenvalue weighted by molar-refractivity contribution is -0.139. The van der Waals surface area contributed by atoms with E-state index in [9.17, 15) is 18.0 Å². The molecule has 0 saturated carbocycles. The Bertz CT molecular complexity index is 1400. The number of hydrogen-bond donors (Lipinski definition) is 1. The Hall–Kier alpha value is -2.88. The smallest absolute Gasteiger partial charge is 0.264 e. The molecule has 0 aliphatic rings. The van der Waals surface area contributed by atoms with Crippen LogP contribution in [0.2, 0.25) is 5.02 Å². The van der Waals surface area contributed by atoms with E-state index in [2.05, 4.69) is 21.2 Å². The first-order chi connectivity index (χ1) is 18.4. The van der Waals surface area contributed by atoms with Gasteiger partial charge in [-0.25, -0.2) is 8.42 Å². The number of rotatable bonds is 11. The first-order valence-corrected chi connectivity index (χ1v) is 15.2. The minimum Gasteiger partial charge on any atom is -0.352 e. The van der Waals surface area contributed by atoms with Crippen molar-refractivity contribution in [1.29, 1.82) is 0 Å². The number of benzene rings is 3. The Morgan fingerprint density at radius 3 is 2.23 bits per heavy atom. The van der Waals surface area contributed by atoms with E-state index in [0.29, 0.717) is 15.2 Å². The lowest BCUT2D eigenvalue weighted by atomic mass is 10.1. The molecule has 3 aromatic rings. The molecule has 0 saturated heterocycles. The number of carbonyl (C=O) groups excluding carboxylic acids is 2. The van der Waals surface area contributed by atoms with Gasteiger partial charge in [-0.05, 0) is 75.2 Å². The van der Waals surface area contributed by atoms with Crippen molar-refractivity contribution >= 4 is 55.1 Å². The molecule has 0 spiro atoms. The zero-order chi connectivity index (χ0) is 28.7. The summed E-state index contributed by atoms with van der Waals surface area (Å²) < 4.78 is 29.4. The summed E-state index contributed by atoms with van der Waals surface area (Å²) in [7, 11) is -4.12. The molecule has 7 nitrogen and oxygen atoms in total. The number of nitrogens with one attached hydrogen (secondary N) is 1. The third-order valence-electron chi connectivity index (χ3n) is 6.42.